The Bertz CT molecular complexity index is 1030. The molecule has 0 aliphatic heterocycles. The van der Waals surface area contributed by atoms with Crippen LogP contribution in [0, 0.1) is 0 Å². The van der Waals surface area contributed by atoms with E-state index in [9.17, 15) is 9.59 Å². The van der Waals surface area contributed by atoms with Gasteiger partial charge in [0.15, 0.2) is 10.9 Å². The average molecular weight is 478 g/mol. The number of aromatic nitrogens is 1. The van der Waals surface area contributed by atoms with Crippen LogP contribution in [-0.2, 0) is 0 Å². The molecular weight excluding hydrogens is 450 g/mol. The van der Waals surface area contributed by atoms with E-state index >= 15 is 0 Å². The van der Waals surface area contributed by atoms with Crippen molar-refractivity contribution in [3.05, 3.63) is 53.6 Å². The van der Waals surface area contributed by atoms with Crippen LogP contribution in [0.4, 0.5) is 5.13 Å². The van der Waals surface area contributed by atoms with Gasteiger partial charge in [-0.1, -0.05) is 43.4 Å². The Hall–Kier alpha value is -1.93. The summed E-state index contributed by atoms with van der Waals surface area (Å²) in [6, 6.07) is 13.0. The maximum absolute atomic E-state index is 13.4. The van der Waals surface area contributed by atoms with Gasteiger partial charge in [0.1, 0.15) is 0 Å². The van der Waals surface area contributed by atoms with Gasteiger partial charge in [0.05, 0.1) is 10.2 Å². The van der Waals surface area contributed by atoms with Gasteiger partial charge < -0.3 is 4.90 Å². The fourth-order valence-electron chi connectivity index (χ4n) is 3.26. The van der Waals surface area contributed by atoms with Gasteiger partial charge in [-0.2, -0.15) is 0 Å². The first-order chi connectivity index (χ1) is 14.5. The van der Waals surface area contributed by atoms with Gasteiger partial charge in [0.2, 0.25) is 0 Å². The highest BCUT2D eigenvalue weighted by Gasteiger charge is 2.22. The molecule has 1 amide bonds. The Labute approximate surface area is 198 Å². The minimum absolute atomic E-state index is 0. The number of carbonyl (C=O) groups is 2. The zero-order chi connectivity index (χ0) is 21.7. The summed E-state index contributed by atoms with van der Waals surface area (Å²) in [6.45, 7) is 8.97. The molecule has 5 nitrogen and oxygen atoms in total. The molecule has 166 valence electrons. The van der Waals surface area contributed by atoms with E-state index in [-0.39, 0.29) is 24.1 Å². The molecule has 0 spiro atoms. The second kappa shape index (κ2) is 11.6. The molecule has 1 heterocycles. The third kappa shape index (κ3) is 5.86. The highest BCUT2D eigenvalue weighted by Crippen LogP contribution is 2.34. The molecule has 0 bridgehead atoms. The molecule has 3 aromatic rings. The summed E-state index contributed by atoms with van der Waals surface area (Å²) in [4.78, 5) is 35.0. The van der Waals surface area contributed by atoms with E-state index in [1.807, 2.05) is 18.4 Å². The highest BCUT2D eigenvalue weighted by molar-refractivity contribution is 7.98. The first-order valence-corrected chi connectivity index (χ1v) is 12.1. The molecule has 0 atom stereocenters. The summed E-state index contributed by atoms with van der Waals surface area (Å²) < 4.78 is 1.07. The predicted octanol–water partition coefficient (Wildman–Crippen LogP) is 5.63. The normalized spacial score (nSPS) is 10.9. The fourth-order valence-corrected chi connectivity index (χ4v) is 4.91. The summed E-state index contributed by atoms with van der Waals surface area (Å²) in [7, 11) is 0. The standard InChI is InChI=1S/C23H27N3O2S2.ClH/c1-5-25(6-2)14-15-26(22(28)18-12-10-17(11-13-18)16(3)27)23-24-21-19(29-4)8-7-9-20(21)30-23;/h7-13H,5-6,14-15H2,1-4H3;1H. The number of para-hydroxylation sites is 1. The van der Waals surface area contributed by atoms with Crippen molar-refractivity contribution in [3.8, 4) is 0 Å². The Kier molecular flexibility index (Phi) is 9.50. The van der Waals surface area contributed by atoms with E-state index in [2.05, 4.69) is 24.8 Å². The van der Waals surface area contributed by atoms with Crippen LogP contribution in [0.3, 0.4) is 0 Å². The van der Waals surface area contributed by atoms with E-state index in [0.29, 0.717) is 22.8 Å². The number of Topliss-reactive ketones (excluding diaryl/α,β-unsaturated/α-hetero) is 1. The minimum atomic E-state index is -0.0954. The van der Waals surface area contributed by atoms with E-state index in [4.69, 9.17) is 4.98 Å². The van der Waals surface area contributed by atoms with Gasteiger partial charge >= 0.3 is 0 Å². The molecule has 0 N–H and O–H groups in total. The van der Waals surface area contributed by atoms with Crippen LogP contribution in [-0.4, -0.2) is 54.0 Å². The van der Waals surface area contributed by atoms with Crippen LogP contribution in [0.25, 0.3) is 10.2 Å². The summed E-state index contributed by atoms with van der Waals surface area (Å²) in [6.07, 6.45) is 2.04. The summed E-state index contributed by atoms with van der Waals surface area (Å²) >= 11 is 3.20. The monoisotopic (exact) mass is 477 g/mol. The fraction of sp³-hybridized carbons (Fsp3) is 0.348. The number of hydrogen-bond acceptors (Lipinski definition) is 6. The number of nitrogens with zero attached hydrogens (tertiary/aromatic N) is 3. The summed E-state index contributed by atoms with van der Waals surface area (Å²) in [5, 5.41) is 0.708. The van der Waals surface area contributed by atoms with Crippen molar-refractivity contribution in [2.45, 2.75) is 25.7 Å². The van der Waals surface area contributed by atoms with E-state index < -0.39 is 0 Å². The molecule has 1 aromatic heterocycles. The minimum Gasteiger partial charge on any atom is -0.302 e. The van der Waals surface area contributed by atoms with Crippen LogP contribution in [0.2, 0.25) is 0 Å². The number of ketones is 1. The topological polar surface area (TPSA) is 53.5 Å². The van der Waals surface area contributed by atoms with Gasteiger partial charge in [-0.05, 0) is 50.5 Å². The molecule has 31 heavy (non-hydrogen) atoms. The third-order valence-corrected chi connectivity index (χ3v) is 6.95. The van der Waals surface area contributed by atoms with Crippen molar-refractivity contribution < 1.29 is 9.59 Å². The molecule has 2 aromatic carbocycles. The van der Waals surface area contributed by atoms with Crippen LogP contribution < -0.4 is 4.90 Å². The summed E-state index contributed by atoms with van der Waals surface area (Å²) in [5.41, 5.74) is 2.10. The van der Waals surface area contributed by atoms with Crippen molar-refractivity contribution in [1.82, 2.24) is 9.88 Å². The lowest BCUT2D eigenvalue weighted by atomic mass is 10.1. The van der Waals surface area contributed by atoms with Gasteiger partial charge in [0, 0.05) is 29.1 Å². The predicted molar refractivity (Wildman–Crippen MR) is 135 cm³/mol. The second-order valence-corrected chi connectivity index (χ2v) is 8.78. The Balaban J connectivity index is 0.00000341. The Morgan fingerprint density at radius 2 is 1.65 bits per heavy atom. The molecule has 0 saturated heterocycles. The van der Waals surface area contributed by atoms with Crippen LogP contribution in [0.15, 0.2) is 47.4 Å². The number of likely N-dealkylation sites (N-methyl/N-ethyl adjacent to an activating group) is 1. The quantitative estimate of drug-likeness (QED) is 0.295. The molecule has 0 unspecified atom stereocenters. The second-order valence-electron chi connectivity index (χ2n) is 6.92. The summed E-state index contributed by atoms with van der Waals surface area (Å²) in [5.74, 6) is -0.106. The van der Waals surface area contributed by atoms with Crippen molar-refractivity contribution in [2.24, 2.45) is 0 Å². The van der Waals surface area contributed by atoms with Gasteiger partial charge in [-0.25, -0.2) is 4.98 Å². The maximum atomic E-state index is 13.4. The van der Waals surface area contributed by atoms with E-state index in [0.717, 1.165) is 34.7 Å². The number of fused-ring (bicyclic) bond motifs is 1. The lowest BCUT2D eigenvalue weighted by Gasteiger charge is -2.24. The van der Waals surface area contributed by atoms with Crippen molar-refractivity contribution >= 4 is 62.5 Å². The van der Waals surface area contributed by atoms with Crippen molar-refractivity contribution in [3.63, 3.8) is 0 Å². The maximum Gasteiger partial charge on any atom is 0.260 e. The number of benzene rings is 2. The number of thioether (sulfide) groups is 1. The number of thiazole rings is 1. The van der Waals surface area contributed by atoms with Gasteiger partial charge in [-0.3, -0.25) is 14.5 Å². The van der Waals surface area contributed by atoms with Crippen LogP contribution in [0.5, 0.6) is 0 Å². The molecule has 8 heteroatoms. The van der Waals surface area contributed by atoms with E-state index in [1.165, 1.54) is 6.92 Å². The SMILES string of the molecule is CCN(CC)CCN(C(=O)c1ccc(C(C)=O)cc1)c1nc2c(SC)cccc2s1.Cl. The molecule has 3 rings (SSSR count). The molecular formula is C23H28ClN3O2S2. The van der Waals surface area contributed by atoms with Crippen LogP contribution in [0.1, 0.15) is 41.5 Å². The molecule has 0 saturated carbocycles. The highest BCUT2D eigenvalue weighted by atomic mass is 35.5. The number of halogens is 1. The lowest BCUT2D eigenvalue weighted by Crippen LogP contribution is -2.38. The smallest absolute Gasteiger partial charge is 0.260 e. The average Bonchev–Trinajstić information content (AvgIpc) is 3.20. The zero-order valence-electron chi connectivity index (χ0n) is 18.3. The van der Waals surface area contributed by atoms with E-state index in [1.54, 1.807) is 52.3 Å². The number of rotatable bonds is 9. The van der Waals surface area contributed by atoms with Crippen molar-refractivity contribution in [2.75, 3.05) is 37.3 Å². The number of anilines is 1. The largest absolute Gasteiger partial charge is 0.302 e. The first-order valence-electron chi connectivity index (χ1n) is 10.1. The molecule has 0 aliphatic carbocycles. The first kappa shape index (κ1) is 25.3. The Morgan fingerprint density at radius 3 is 2.23 bits per heavy atom. The number of amides is 1. The molecule has 0 aliphatic rings. The molecule has 0 fully saturated rings. The molecule has 0 radical (unpaired) electrons. The zero-order valence-corrected chi connectivity index (χ0v) is 20.7. The number of hydrogen-bond donors (Lipinski definition) is 0. The van der Waals surface area contributed by atoms with Crippen molar-refractivity contribution in [1.29, 1.82) is 0 Å². The van der Waals surface area contributed by atoms with Gasteiger partial charge in [0.25, 0.3) is 5.91 Å². The third-order valence-electron chi connectivity index (χ3n) is 5.14. The lowest BCUT2D eigenvalue weighted by molar-refractivity contribution is 0.0980. The van der Waals surface area contributed by atoms with Gasteiger partial charge in [-0.15, -0.1) is 24.2 Å². The Morgan fingerprint density at radius 1 is 1.00 bits per heavy atom. The van der Waals surface area contributed by atoms with Crippen LogP contribution >= 0.6 is 35.5 Å². The number of carbonyl (C=O) groups excluding carboxylic acids is 2.